The summed E-state index contributed by atoms with van der Waals surface area (Å²) in [5.41, 5.74) is 9.87. The molecule has 3 aromatic heterocycles. The zero-order valence-corrected chi connectivity index (χ0v) is 15.0. The van der Waals surface area contributed by atoms with E-state index in [4.69, 9.17) is 4.98 Å². The van der Waals surface area contributed by atoms with Crippen LogP contribution in [0, 0.1) is 20.8 Å². The highest BCUT2D eigenvalue weighted by Gasteiger charge is 2.25. The second-order valence-electron chi connectivity index (χ2n) is 6.96. The molecule has 0 saturated carbocycles. The molecule has 3 heterocycles. The van der Waals surface area contributed by atoms with Crippen molar-refractivity contribution >= 4 is 38.5 Å². The van der Waals surface area contributed by atoms with Crippen molar-refractivity contribution in [1.82, 2.24) is 9.38 Å². The number of aromatic nitrogens is 3. The van der Waals surface area contributed by atoms with Gasteiger partial charge in [0.25, 0.3) is 5.65 Å². The summed E-state index contributed by atoms with van der Waals surface area (Å²) in [6.07, 6.45) is 1.93. The number of fused-ring (bicyclic) bond motifs is 8. The van der Waals surface area contributed by atoms with Gasteiger partial charge in [0.05, 0.1) is 23.3 Å². The van der Waals surface area contributed by atoms with Crippen LogP contribution >= 0.6 is 0 Å². The minimum atomic E-state index is 1.10. The van der Waals surface area contributed by atoms with E-state index >= 15 is 0 Å². The molecule has 0 bridgehead atoms. The Hall–Kier alpha value is -2.94. The second-order valence-corrected chi connectivity index (χ2v) is 6.96. The quantitative estimate of drug-likeness (QED) is 0.302. The maximum Gasteiger partial charge on any atom is 0.297 e. The lowest BCUT2D eigenvalue weighted by molar-refractivity contribution is -0.617. The first-order valence-electron chi connectivity index (χ1n) is 8.66. The number of nitrogens with zero attached hydrogens (tertiary/aromatic N) is 3. The Kier molecular flexibility index (Phi) is 2.76. The van der Waals surface area contributed by atoms with Gasteiger partial charge in [-0.15, -0.1) is 0 Å². The van der Waals surface area contributed by atoms with Gasteiger partial charge < -0.3 is 0 Å². The van der Waals surface area contributed by atoms with E-state index in [-0.39, 0.29) is 0 Å². The molecule has 25 heavy (non-hydrogen) atoms. The minimum absolute atomic E-state index is 1.10. The average Bonchev–Trinajstić information content (AvgIpc) is 2.91. The van der Waals surface area contributed by atoms with Gasteiger partial charge in [0, 0.05) is 6.20 Å². The Morgan fingerprint density at radius 3 is 2.48 bits per heavy atom. The summed E-state index contributed by atoms with van der Waals surface area (Å²) in [7, 11) is 2.15. The third-order valence-electron chi connectivity index (χ3n) is 5.59. The first kappa shape index (κ1) is 14.4. The SMILES string of the molecule is Cc1ccc2c(c1C)c1nccc(C)c1c1n2c2ccccc2[n+]1C. The summed E-state index contributed by atoms with van der Waals surface area (Å²) >= 11 is 0. The fourth-order valence-electron chi connectivity index (χ4n) is 4.16. The molecule has 0 fully saturated rings. The normalized spacial score (nSPS) is 12.0. The minimum Gasteiger partial charge on any atom is -0.255 e. The molecular formula is C22H20N3+. The highest BCUT2D eigenvalue weighted by atomic mass is 15.1. The van der Waals surface area contributed by atoms with Gasteiger partial charge in [-0.05, 0) is 61.7 Å². The molecule has 5 aromatic rings. The van der Waals surface area contributed by atoms with Crippen molar-refractivity contribution in [2.24, 2.45) is 7.05 Å². The number of hydrogen-bond donors (Lipinski definition) is 0. The highest BCUT2D eigenvalue weighted by molar-refractivity contribution is 6.13. The van der Waals surface area contributed by atoms with Crippen LogP contribution in [-0.4, -0.2) is 9.38 Å². The topological polar surface area (TPSA) is 21.2 Å². The highest BCUT2D eigenvalue weighted by Crippen LogP contribution is 2.34. The molecular weight excluding hydrogens is 306 g/mol. The van der Waals surface area contributed by atoms with Crippen molar-refractivity contribution in [1.29, 1.82) is 0 Å². The standard InChI is InChI=1S/C22H20N3/c1-13-9-10-18-20(15(13)3)21-19(14(2)11-12-23-21)22-24(4)16-7-5-6-8-17(16)25(18)22/h5-12H,1-4H3/q+1. The number of para-hydroxylation sites is 2. The number of rotatable bonds is 0. The van der Waals surface area contributed by atoms with Gasteiger partial charge in [-0.1, -0.05) is 18.2 Å². The van der Waals surface area contributed by atoms with Crippen LogP contribution < -0.4 is 4.57 Å². The van der Waals surface area contributed by atoms with E-state index in [1.807, 2.05) is 6.20 Å². The molecule has 0 aliphatic rings. The van der Waals surface area contributed by atoms with Crippen LogP contribution in [0.25, 0.3) is 38.5 Å². The predicted molar refractivity (Wildman–Crippen MR) is 103 cm³/mol. The van der Waals surface area contributed by atoms with E-state index in [0.29, 0.717) is 0 Å². The monoisotopic (exact) mass is 326 g/mol. The Morgan fingerprint density at radius 2 is 1.64 bits per heavy atom. The van der Waals surface area contributed by atoms with Gasteiger partial charge in [0.15, 0.2) is 11.0 Å². The van der Waals surface area contributed by atoms with Crippen LogP contribution in [-0.2, 0) is 7.05 Å². The molecule has 0 atom stereocenters. The summed E-state index contributed by atoms with van der Waals surface area (Å²) in [4.78, 5) is 4.81. The lowest BCUT2D eigenvalue weighted by Gasteiger charge is -2.10. The van der Waals surface area contributed by atoms with Crippen molar-refractivity contribution < 1.29 is 4.57 Å². The molecule has 0 aliphatic carbocycles. The molecule has 0 radical (unpaired) electrons. The first-order chi connectivity index (χ1) is 12.1. The van der Waals surface area contributed by atoms with E-state index < -0.39 is 0 Å². The van der Waals surface area contributed by atoms with Crippen molar-refractivity contribution in [3.8, 4) is 0 Å². The predicted octanol–water partition coefficient (Wildman–Crippen LogP) is 4.54. The fraction of sp³-hybridized carbons (Fsp3) is 0.182. The maximum absolute atomic E-state index is 4.81. The lowest BCUT2D eigenvalue weighted by atomic mass is 10.00. The molecule has 122 valence electrons. The molecule has 0 spiro atoms. The zero-order valence-electron chi connectivity index (χ0n) is 15.0. The smallest absolute Gasteiger partial charge is 0.255 e. The summed E-state index contributed by atoms with van der Waals surface area (Å²) < 4.78 is 4.69. The molecule has 0 saturated heterocycles. The van der Waals surface area contributed by atoms with Crippen LogP contribution in [0.15, 0.2) is 48.7 Å². The third-order valence-corrected chi connectivity index (χ3v) is 5.59. The van der Waals surface area contributed by atoms with Crippen molar-refractivity contribution in [2.45, 2.75) is 20.8 Å². The largest absolute Gasteiger partial charge is 0.297 e. The summed E-state index contributed by atoms with van der Waals surface area (Å²) in [6, 6.07) is 15.2. The molecule has 5 rings (SSSR count). The Bertz CT molecular complexity index is 1330. The Labute approximate surface area is 146 Å². The molecule has 3 nitrogen and oxygen atoms in total. The van der Waals surface area contributed by atoms with Crippen molar-refractivity contribution in [2.75, 3.05) is 0 Å². The van der Waals surface area contributed by atoms with E-state index in [9.17, 15) is 0 Å². The molecule has 0 unspecified atom stereocenters. The van der Waals surface area contributed by atoms with Gasteiger partial charge in [-0.2, -0.15) is 4.40 Å². The first-order valence-corrected chi connectivity index (χ1v) is 8.66. The van der Waals surface area contributed by atoms with Gasteiger partial charge in [-0.3, -0.25) is 4.98 Å². The van der Waals surface area contributed by atoms with Gasteiger partial charge in [0.1, 0.15) is 5.52 Å². The van der Waals surface area contributed by atoms with Crippen LogP contribution in [0.3, 0.4) is 0 Å². The summed E-state index contributed by atoms with van der Waals surface area (Å²) in [6.45, 7) is 6.56. The number of pyridine rings is 2. The molecule has 2 aromatic carbocycles. The second kappa shape index (κ2) is 4.79. The lowest BCUT2D eigenvalue weighted by Crippen LogP contribution is -2.27. The Morgan fingerprint density at radius 1 is 0.840 bits per heavy atom. The van der Waals surface area contributed by atoms with Crippen molar-refractivity contribution in [3.05, 3.63) is 65.4 Å². The molecule has 0 aliphatic heterocycles. The number of benzene rings is 2. The number of aryl methyl sites for hydroxylation is 4. The van der Waals surface area contributed by atoms with Crippen LogP contribution in [0.4, 0.5) is 0 Å². The number of hydrogen-bond acceptors (Lipinski definition) is 1. The van der Waals surface area contributed by atoms with Crippen molar-refractivity contribution in [3.63, 3.8) is 0 Å². The van der Waals surface area contributed by atoms with Gasteiger partial charge in [-0.25, -0.2) is 4.57 Å². The maximum atomic E-state index is 4.81. The Balaban J connectivity index is 2.30. The zero-order chi connectivity index (χ0) is 17.3. The van der Waals surface area contributed by atoms with Crippen LogP contribution in [0.1, 0.15) is 16.7 Å². The fourth-order valence-corrected chi connectivity index (χ4v) is 4.16. The number of imidazole rings is 1. The molecule has 0 amide bonds. The van der Waals surface area contributed by atoms with E-state index in [2.05, 4.69) is 79.3 Å². The van der Waals surface area contributed by atoms with E-state index in [1.165, 1.54) is 49.7 Å². The molecule has 3 heteroatoms. The van der Waals surface area contributed by atoms with Gasteiger partial charge in [0.2, 0.25) is 0 Å². The van der Waals surface area contributed by atoms with Crippen LogP contribution in [0.2, 0.25) is 0 Å². The summed E-state index contributed by atoms with van der Waals surface area (Å²) in [5.74, 6) is 0. The van der Waals surface area contributed by atoms with Gasteiger partial charge >= 0.3 is 0 Å². The third kappa shape index (κ3) is 1.70. The average molecular weight is 326 g/mol. The van der Waals surface area contributed by atoms with E-state index in [0.717, 1.165) is 5.52 Å². The summed E-state index contributed by atoms with van der Waals surface area (Å²) in [5, 5.41) is 2.50. The molecule has 0 N–H and O–H groups in total. The van der Waals surface area contributed by atoms with Crippen LogP contribution in [0.5, 0.6) is 0 Å². The van der Waals surface area contributed by atoms with E-state index in [1.54, 1.807) is 0 Å².